The van der Waals surface area contributed by atoms with Crippen molar-refractivity contribution in [1.82, 2.24) is 9.99 Å². The van der Waals surface area contributed by atoms with Gasteiger partial charge in [0.05, 0.1) is 17.3 Å². The van der Waals surface area contributed by atoms with E-state index in [0.717, 1.165) is 0 Å². The van der Waals surface area contributed by atoms with E-state index in [1.165, 1.54) is 22.2 Å². The van der Waals surface area contributed by atoms with Crippen molar-refractivity contribution in [2.45, 2.75) is 32.8 Å². The van der Waals surface area contributed by atoms with E-state index in [1.807, 2.05) is 0 Å². The summed E-state index contributed by atoms with van der Waals surface area (Å²) >= 11 is 12.5. The molecular weight excluding hydrogens is 493 g/mol. The van der Waals surface area contributed by atoms with E-state index < -0.39 is 23.6 Å². The molecule has 0 radical (unpaired) electrons. The van der Waals surface area contributed by atoms with Gasteiger partial charge >= 0.3 is 12.1 Å². The molecule has 10 heteroatoms. The van der Waals surface area contributed by atoms with Gasteiger partial charge in [0.1, 0.15) is 11.3 Å². The standard InChI is InChI=1S/C25H23Cl2N3O5/c1-25(2,3)35-24(34)29-10-9-14(22(31)30(29)16-7-5-4-6-8-16)11-17-20-18(27)12-15(26)13-19(20)28-21(17)23(32)33/h4-8,11-13,28H,9-10H2,1-3H3,(H,32,33)/b14-11+. The number of halogens is 2. The topological polar surface area (TPSA) is 103 Å². The zero-order chi connectivity index (χ0) is 25.5. The summed E-state index contributed by atoms with van der Waals surface area (Å²) in [4.78, 5) is 41.4. The van der Waals surface area contributed by atoms with Gasteiger partial charge in [-0.1, -0.05) is 41.4 Å². The first-order valence-electron chi connectivity index (χ1n) is 10.8. The Morgan fingerprint density at radius 3 is 2.46 bits per heavy atom. The number of nitrogens with zero attached hydrogens (tertiary/aromatic N) is 2. The van der Waals surface area contributed by atoms with Crippen LogP contribution in [-0.2, 0) is 9.53 Å². The lowest BCUT2D eigenvalue weighted by Gasteiger charge is -2.39. The number of benzene rings is 2. The van der Waals surface area contributed by atoms with Crippen LogP contribution >= 0.6 is 23.2 Å². The smallest absolute Gasteiger partial charge is 0.429 e. The molecule has 2 N–H and O–H groups in total. The minimum atomic E-state index is -1.21. The van der Waals surface area contributed by atoms with E-state index in [1.54, 1.807) is 57.2 Å². The Morgan fingerprint density at radius 2 is 1.83 bits per heavy atom. The third-order valence-electron chi connectivity index (χ3n) is 5.29. The van der Waals surface area contributed by atoms with Crippen LogP contribution in [0.15, 0.2) is 48.0 Å². The number of anilines is 1. The Kier molecular flexibility index (Phi) is 6.53. The molecule has 0 atom stereocenters. The largest absolute Gasteiger partial charge is 0.477 e. The quantitative estimate of drug-likeness (QED) is 0.407. The van der Waals surface area contributed by atoms with Gasteiger partial charge in [0, 0.05) is 27.1 Å². The number of fused-ring (bicyclic) bond motifs is 1. The van der Waals surface area contributed by atoms with Crippen LogP contribution in [0.4, 0.5) is 10.5 Å². The van der Waals surface area contributed by atoms with Crippen LogP contribution in [0.3, 0.4) is 0 Å². The van der Waals surface area contributed by atoms with Gasteiger partial charge in [-0.25, -0.2) is 19.6 Å². The van der Waals surface area contributed by atoms with Gasteiger partial charge in [-0.2, -0.15) is 0 Å². The Morgan fingerprint density at radius 1 is 1.14 bits per heavy atom. The third kappa shape index (κ3) is 4.99. The number of rotatable bonds is 3. The summed E-state index contributed by atoms with van der Waals surface area (Å²) in [7, 11) is 0. The van der Waals surface area contributed by atoms with Crippen molar-refractivity contribution in [2.75, 3.05) is 11.6 Å². The number of carbonyl (C=O) groups is 3. The zero-order valence-corrected chi connectivity index (χ0v) is 20.8. The number of para-hydroxylation sites is 1. The Hall–Kier alpha value is -3.49. The van der Waals surface area contributed by atoms with Crippen LogP contribution in [0.1, 0.15) is 43.2 Å². The van der Waals surface area contributed by atoms with Crippen molar-refractivity contribution in [3.63, 3.8) is 0 Å². The number of hydrogen-bond acceptors (Lipinski definition) is 4. The molecule has 1 saturated heterocycles. The van der Waals surface area contributed by atoms with Crippen molar-refractivity contribution >= 4 is 63.8 Å². The highest BCUT2D eigenvalue weighted by Crippen LogP contribution is 2.35. The summed E-state index contributed by atoms with van der Waals surface area (Å²) in [6.45, 7) is 5.38. The number of carboxylic acid groups (broad SMARTS) is 1. The number of carbonyl (C=O) groups excluding carboxylic acids is 2. The molecule has 3 aromatic rings. The molecule has 35 heavy (non-hydrogen) atoms. The van der Waals surface area contributed by atoms with Crippen LogP contribution in [0.2, 0.25) is 10.0 Å². The fraction of sp³-hybridized carbons (Fsp3) is 0.240. The highest BCUT2D eigenvalue weighted by Gasteiger charge is 2.37. The second-order valence-electron chi connectivity index (χ2n) is 9.00. The van der Waals surface area contributed by atoms with E-state index >= 15 is 0 Å². The van der Waals surface area contributed by atoms with Gasteiger partial charge in [0.15, 0.2) is 0 Å². The second kappa shape index (κ2) is 9.28. The van der Waals surface area contributed by atoms with E-state index in [0.29, 0.717) is 27.2 Å². The molecule has 1 fully saturated rings. The number of hydrogen-bond donors (Lipinski definition) is 2. The Balaban J connectivity index is 1.82. The lowest BCUT2D eigenvalue weighted by molar-refractivity contribution is -0.119. The first-order chi connectivity index (χ1) is 16.5. The number of ether oxygens (including phenoxy) is 1. The maximum atomic E-state index is 13.7. The van der Waals surface area contributed by atoms with Crippen molar-refractivity contribution in [2.24, 2.45) is 0 Å². The van der Waals surface area contributed by atoms with Gasteiger partial charge in [-0.05, 0) is 57.5 Å². The summed E-state index contributed by atoms with van der Waals surface area (Å²) in [6, 6.07) is 11.8. The molecule has 8 nitrogen and oxygen atoms in total. The monoisotopic (exact) mass is 515 g/mol. The predicted molar refractivity (Wildman–Crippen MR) is 135 cm³/mol. The van der Waals surface area contributed by atoms with Crippen LogP contribution in [0, 0.1) is 0 Å². The van der Waals surface area contributed by atoms with Gasteiger partial charge in [-0.3, -0.25) is 4.79 Å². The van der Waals surface area contributed by atoms with Crippen LogP contribution in [-0.4, -0.2) is 45.2 Å². The molecule has 182 valence electrons. The minimum absolute atomic E-state index is 0.120. The maximum Gasteiger partial charge on any atom is 0.429 e. The van der Waals surface area contributed by atoms with E-state index in [-0.39, 0.29) is 29.2 Å². The summed E-state index contributed by atoms with van der Waals surface area (Å²) < 4.78 is 5.51. The zero-order valence-electron chi connectivity index (χ0n) is 19.3. The van der Waals surface area contributed by atoms with E-state index in [2.05, 4.69) is 4.98 Å². The third-order valence-corrected chi connectivity index (χ3v) is 5.81. The molecule has 2 heterocycles. The molecule has 2 aromatic carbocycles. The summed E-state index contributed by atoms with van der Waals surface area (Å²) in [5.41, 5.74) is 0.600. The van der Waals surface area contributed by atoms with Crippen molar-refractivity contribution in [3.8, 4) is 0 Å². The molecule has 1 aromatic heterocycles. The Labute approximate surface area is 211 Å². The molecular formula is C25H23Cl2N3O5. The first-order valence-corrected chi connectivity index (χ1v) is 11.6. The summed E-state index contributed by atoms with van der Waals surface area (Å²) in [6.07, 6.45) is 1.02. The average molecular weight is 516 g/mol. The second-order valence-corrected chi connectivity index (χ2v) is 9.85. The molecule has 0 unspecified atom stereocenters. The highest BCUT2D eigenvalue weighted by atomic mass is 35.5. The normalized spacial score (nSPS) is 15.7. The van der Waals surface area contributed by atoms with Crippen molar-refractivity contribution in [1.29, 1.82) is 0 Å². The SMILES string of the molecule is CC(C)(C)OC(=O)N1CC/C(=C\c2c(C(=O)O)[nH]c3cc(Cl)cc(Cl)c23)C(=O)N1c1ccccc1. The van der Waals surface area contributed by atoms with Crippen LogP contribution in [0.5, 0.6) is 0 Å². The summed E-state index contributed by atoms with van der Waals surface area (Å²) in [5, 5.41) is 13.3. The molecule has 0 saturated carbocycles. The highest BCUT2D eigenvalue weighted by molar-refractivity contribution is 6.39. The lowest BCUT2D eigenvalue weighted by atomic mass is 10.0. The van der Waals surface area contributed by atoms with E-state index in [4.69, 9.17) is 27.9 Å². The maximum absolute atomic E-state index is 13.7. The molecule has 4 rings (SSSR count). The van der Waals surface area contributed by atoms with Gasteiger partial charge in [0.25, 0.3) is 5.91 Å². The van der Waals surface area contributed by atoms with Gasteiger partial charge in [-0.15, -0.1) is 0 Å². The fourth-order valence-corrected chi connectivity index (χ4v) is 4.48. The summed E-state index contributed by atoms with van der Waals surface area (Å²) in [5.74, 6) is -1.69. The molecule has 0 spiro atoms. The molecule has 1 aliphatic rings. The molecule has 2 amide bonds. The average Bonchev–Trinajstić information content (AvgIpc) is 3.13. The van der Waals surface area contributed by atoms with Crippen molar-refractivity contribution in [3.05, 3.63) is 69.3 Å². The predicted octanol–water partition coefficient (Wildman–Crippen LogP) is 6.15. The number of hydrazine groups is 1. The number of carboxylic acids is 1. The van der Waals surface area contributed by atoms with Crippen molar-refractivity contribution < 1.29 is 24.2 Å². The number of H-pyrrole nitrogens is 1. The molecule has 0 aliphatic carbocycles. The number of aromatic carboxylic acids is 1. The van der Waals surface area contributed by atoms with Gasteiger partial charge < -0.3 is 14.8 Å². The first kappa shape index (κ1) is 24.6. The Bertz CT molecular complexity index is 1360. The number of amides is 2. The number of aromatic amines is 1. The number of aromatic nitrogens is 1. The molecule has 0 bridgehead atoms. The molecule has 1 aliphatic heterocycles. The lowest BCUT2D eigenvalue weighted by Crippen LogP contribution is -2.55. The van der Waals surface area contributed by atoms with Gasteiger partial charge in [0.2, 0.25) is 0 Å². The minimum Gasteiger partial charge on any atom is -0.477 e. The van der Waals surface area contributed by atoms with Crippen LogP contribution in [0.25, 0.3) is 17.0 Å². The fourth-order valence-electron chi connectivity index (χ4n) is 3.89. The van der Waals surface area contributed by atoms with E-state index in [9.17, 15) is 19.5 Å². The number of nitrogens with one attached hydrogen (secondary N) is 1. The van der Waals surface area contributed by atoms with Crippen LogP contribution < -0.4 is 5.01 Å².